The van der Waals surface area contributed by atoms with E-state index in [0.29, 0.717) is 18.5 Å². The molecule has 3 amide bonds. The minimum atomic E-state index is -0.562. The van der Waals surface area contributed by atoms with Crippen LogP contribution in [-0.2, 0) is 9.59 Å². The van der Waals surface area contributed by atoms with E-state index < -0.39 is 11.8 Å². The number of primary amides is 1. The summed E-state index contributed by atoms with van der Waals surface area (Å²) in [6.07, 6.45) is 2.51. The van der Waals surface area contributed by atoms with E-state index in [2.05, 4.69) is 5.32 Å². The molecule has 2 aromatic carbocycles. The average molecular weight is 393 g/mol. The molecule has 0 spiro atoms. The van der Waals surface area contributed by atoms with E-state index in [4.69, 9.17) is 5.73 Å². The van der Waals surface area contributed by atoms with Crippen molar-refractivity contribution in [3.63, 3.8) is 0 Å². The second-order valence-corrected chi connectivity index (χ2v) is 7.49. The van der Waals surface area contributed by atoms with Gasteiger partial charge in [-0.1, -0.05) is 48.0 Å². The standard InChI is InChI=1S/C23H27N3O3/c1-16-10-12-18(13-11-16)23(29)25-15-20(27)26-14-6-5-9-19(26)21(22(24)28)17-7-3-2-4-8-17/h2-4,7-8,10-13,19,21H,5-6,9,14-15H2,1H3,(H2,24,28)(H,25,29)/t19-,21+/m1/s1. The van der Waals surface area contributed by atoms with Crippen LogP contribution in [0.25, 0.3) is 0 Å². The van der Waals surface area contributed by atoms with Crippen LogP contribution in [-0.4, -0.2) is 41.8 Å². The van der Waals surface area contributed by atoms with Gasteiger partial charge in [0.15, 0.2) is 0 Å². The van der Waals surface area contributed by atoms with E-state index in [1.54, 1.807) is 17.0 Å². The lowest BCUT2D eigenvalue weighted by Gasteiger charge is -2.39. The third kappa shape index (κ3) is 5.02. The van der Waals surface area contributed by atoms with E-state index in [-0.39, 0.29) is 24.4 Å². The van der Waals surface area contributed by atoms with E-state index in [1.165, 1.54) is 0 Å². The first-order chi connectivity index (χ1) is 14.0. The molecule has 6 nitrogen and oxygen atoms in total. The van der Waals surface area contributed by atoms with Crippen molar-refractivity contribution in [3.8, 4) is 0 Å². The van der Waals surface area contributed by atoms with Crippen molar-refractivity contribution in [1.82, 2.24) is 10.2 Å². The Balaban J connectivity index is 1.71. The average Bonchev–Trinajstić information content (AvgIpc) is 2.73. The Labute approximate surface area is 171 Å². The molecule has 1 saturated heterocycles. The highest BCUT2D eigenvalue weighted by molar-refractivity contribution is 5.96. The normalized spacial score (nSPS) is 17.4. The van der Waals surface area contributed by atoms with Crippen molar-refractivity contribution in [3.05, 3.63) is 71.3 Å². The predicted molar refractivity (Wildman–Crippen MR) is 111 cm³/mol. The van der Waals surface area contributed by atoms with Crippen LogP contribution < -0.4 is 11.1 Å². The number of likely N-dealkylation sites (tertiary alicyclic amines) is 1. The zero-order chi connectivity index (χ0) is 20.8. The Morgan fingerprint density at radius 3 is 2.41 bits per heavy atom. The quantitative estimate of drug-likeness (QED) is 0.789. The Kier molecular flexibility index (Phi) is 6.65. The number of aryl methyl sites for hydroxylation is 1. The number of amides is 3. The summed E-state index contributed by atoms with van der Waals surface area (Å²) in [4.78, 5) is 39.2. The van der Waals surface area contributed by atoms with Crippen LogP contribution in [0.15, 0.2) is 54.6 Å². The molecule has 1 heterocycles. The third-order valence-electron chi connectivity index (χ3n) is 5.43. The van der Waals surface area contributed by atoms with E-state index in [9.17, 15) is 14.4 Å². The van der Waals surface area contributed by atoms with Crippen LogP contribution >= 0.6 is 0 Å². The minimum Gasteiger partial charge on any atom is -0.369 e. The number of benzene rings is 2. The van der Waals surface area contributed by atoms with Gasteiger partial charge in [-0.2, -0.15) is 0 Å². The molecule has 3 rings (SSSR count). The molecule has 6 heteroatoms. The summed E-state index contributed by atoms with van der Waals surface area (Å²) in [5.74, 6) is -1.49. The van der Waals surface area contributed by atoms with Gasteiger partial charge in [0.05, 0.1) is 12.5 Å². The second kappa shape index (κ2) is 9.37. The molecule has 1 aliphatic heterocycles. The van der Waals surface area contributed by atoms with Gasteiger partial charge in [-0.15, -0.1) is 0 Å². The van der Waals surface area contributed by atoms with Gasteiger partial charge in [-0.25, -0.2) is 0 Å². The fraction of sp³-hybridized carbons (Fsp3) is 0.348. The van der Waals surface area contributed by atoms with Crippen LogP contribution in [0.1, 0.15) is 46.7 Å². The van der Waals surface area contributed by atoms with E-state index >= 15 is 0 Å². The first kappa shape index (κ1) is 20.6. The third-order valence-corrected chi connectivity index (χ3v) is 5.43. The smallest absolute Gasteiger partial charge is 0.251 e. The monoisotopic (exact) mass is 393 g/mol. The maximum atomic E-state index is 12.9. The topological polar surface area (TPSA) is 92.5 Å². The Morgan fingerprint density at radius 1 is 1.07 bits per heavy atom. The van der Waals surface area contributed by atoms with Gasteiger partial charge < -0.3 is 16.0 Å². The van der Waals surface area contributed by atoms with E-state index in [1.807, 2.05) is 49.4 Å². The molecule has 29 heavy (non-hydrogen) atoms. The van der Waals surface area contributed by atoms with Crippen LogP contribution in [0.2, 0.25) is 0 Å². The van der Waals surface area contributed by atoms with Crippen molar-refractivity contribution < 1.29 is 14.4 Å². The maximum absolute atomic E-state index is 12.9. The first-order valence-corrected chi connectivity index (χ1v) is 9.96. The minimum absolute atomic E-state index is 0.108. The van der Waals surface area contributed by atoms with Gasteiger partial charge in [0.25, 0.3) is 5.91 Å². The number of nitrogens with two attached hydrogens (primary N) is 1. The van der Waals surface area contributed by atoms with Gasteiger partial charge in [0.1, 0.15) is 0 Å². The number of rotatable bonds is 6. The maximum Gasteiger partial charge on any atom is 0.251 e. The summed E-state index contributed by atoms with van der Waals surface area (Å²) in [5.41, 5.74) is 8.11. The Morgan fingerprint density at radius 2 is 1.76 bits per heavy atom. The van der Waals surface area contributed by atoms with Gasteiger partial charge in [0, 0.05) is 18.2 Å². The summed E-state index contributed by atoms with van der Waals surface area (Å²) in [6, 6.07) is 16.2. The molecule has 0 saturated carbocycles. The predicted octanol–water partition coefficient (Wildman–Crippen LogP) is 2.38. The largest absolute Gasteiger partial charge is 0.369 e. The molecule has 1 fully saturated rings. The Hall–Kier alpha value is -3.15. The molecule has 0 aromatic heterocycles. The zero-order valence-corrected chi connectivity index (χ0v) is 16.6. The molecule has 2 atom stereocenters. The molecule has 0 aliphatic carbocycles. The highest BCUT2D eigenvalue weighted by Crippen LogP contribution is 2.30. The molecular formula is C23H27N3O3. The number of nitrogens with zero attached hydrogens (tertiary/aromatic N) is 1. The Bertz CT molecular complexity index is 865. The lowest BCUT2D eigenvalue weighted by atomic mass is 9.84. The first-order valence-electron chi connectivity index (χ1n) is 9.96. The summed E-state index contributed by atoms with van der Waals surface area (Å²) in [6.45, 7) is 2.40. The van der Waals surface area contributed by atoms with Crippen molar-refractivity contribution in [1.29, 1.82) is 0 Å². The van der Waals surface area contributed by atoms with Crippen LogP contribution in [0.4, 0.5) is 0 Å². The van der Waals surface area contributed by atoms with Gasteiger partial charge >= 0.3 is 0 Å². The molecule has 3 N–H and O–H groups in total. The number of carbonyl (C=O) groups is 3. The van der Waals surface area contributed by atoms with Crippen molar-refractivity contribution in [2.45, 2.75) is 38.1 Å². The van der Waals surface area contributed by atoms with E-state index in [0.717, 1.165) is 24.0 Å². The van der Waals surface area contributed by atoms with Gasteiger partial charge in [-0.05, 0) is 43.9 Å². The number of hydrogen-bond acceptors (Lipinski definition) is 3. The fourth-order valence-electron chi connectivity index (χ4n) is 3.91. The summed E-state index contributed by atoms with van der Waals surface area (Å²) >= 11 is 0. The molecule has 152 valence electrons. The number of piperidine rings is 1. The molecule has 0 radical (unpaired) electrons. The number of nitrogens with one attached hydrogen (secondary N) is 1. The van der Waals surface area contributed by atoms with Crippen molar-refractivity contribution in [2.24, 2.45) is 5.73 Å². The second-order valence-electron chi connectivity index (χ2n) is 7.49. The van der Waals surface area contributed by atoms with Gasteiger partial charge in [-0.3, -0.25) is 14.4 Å². The fourth-order valence-corrected chi connectivity index (χ4v) is 3.91. The highest BCUT2D eigenvalue weighted by Gasteiger charge is 2.36. The zero-order valence-electron chi connectivity index (χ0n) is 16.6. The molecule has 0 unspecified atom stereocenters. The molecular weight excluding hydrogens is 366 g/mol. The number of carbonyl (C=O) groups excluding carboxylic acids is 3. The molecule has 2 aromatic rings. The molecule has 0 bridgehead atoms. The van der Waals surface area contributed by atoms with Crippen LogP contribution in [0, 0.1) is 6.92 Å². The lowest BCUT2D eigenvalue weighted by molar-refractivity contribution is -0.135. The van der Waals surface area contributed by atoms with Gasteiger partial charge in [0.2, 0.25) is 11.8 Å². The summed E-state index contributed by atoms with van der Waals surface area (Å²) in [7, 11) is 0. The van der Waals surface area contributed by atoms with Crippen molar-refractivity contribution in [2.75, 3.05) is 13.1 Å². The van der Waals surface area contributed by atoms with Crippen LogP contribution in [0.3, 0.4) is 0 Å². The van der Waals surface area contributed by atoms with Crippen molar-refractivity contribution >= 4 is 17.7 Å². The molecule has 1 aliphatic rings. The summed E-state index contributed by atoms with van der Waals surface area (Å²) < 4.78 is 0. The summed E-state index contributed by atoms with van der Waals surface area (Å²) in [5, 5.41) is 2.70. The van der Waals surface area contributed by atoms with Crippen LogP contribution in [0.5, 0.6) is 0 Å². The lowest BCUT2D eigenvalue weighted by Crippen LogP contribution is -2.52. The number of hydrogen-bond donors (Lipinski definition) is 2. The highest BCUT2D eigenvalue weighted by atomic mass is 16.2. The SMILES string of the molecule is Cc1ccc(C(=O)NCC(=O)N2CCCC[C@@H]2[C@@H](C(N)=O)c2ccccc2)cc1.